The van der Waals surface area contributed by atoms with Crippen molar-refractivity contribution in [1.29, 1.82) is 0 Å². The van der Waals surface area contributed by atoms with Crippen molar-refractivity contribution in [2.45, 2.75) is 25.4 Å². The number of halogens is 1. The van der Waals surface area contributed by atoms with E-state index in [-0.39, 0.29) is 11.6 Å². The van der Waals surface area contributed by atoms with Crippen molar-refractivity contribution in [3.05, 3.63) is 71.8 Å². The summed E-state index contributed by atoms with van der Waals surface area (Å²) in [5.74, 6) is 0.403. The number of methoxy groups -OCH3 is 2. The van der Waals surface area contributed by atoms with Gasteiger partial charge < -0.3 is 29.9 Å². The van der Waals surface area contributed by atoms with Crippen LogP contribution >= 0.6 is 0 Å². The Morgan fingerprint density at radius 1 is 1.15 bits per heavy atom. The molecule has 1 atom stereocenters. The van der Waals surface area contributed by atoms with E-state index in [0.717, 1.165) is 17.7 Å². The average molecular weight is 562 g/mol. The first-order chi connectivity index (χ1) is 19.8. The number of likely N-dealkylation sites (N-methyl/N-ethyl adjacent to an activating group) is 1. The molecule has 1 unspecified atom stereocenters. The summed E-state index contributed by atoms with van der Waals surface area (Å²) in [5.41, 5.74) is 2.84. The summed E-state index contributed by atoms with van der Waals surface area (Å²) in [7, 11) is 6.71. The van der Waals surface area contributed by atoms with Crippen molar-refractivity contribution in [3.63, 3.8) is 0 Å². The van der Waals surface area contributed by atoms with Crippen molar-refractivity contribution < 1.29 is 23.5 Å². The summed E-state index contributed by atoms with van der Waals surface area (Å²) in [4.78, 5) is 34.1. The predicted molar refractivity (Wildman–Crippen MR) is 152 cm³/mol. The minimum Gasteiger partial charge on any atom is -0.497 e. The summed E-state index contributed by atoms with van der Waals surface area (Å²) in [6.45, 7) is 1.19. The third-order valence-electron chi connectivity index (χ3n) is 7.06. The fraction of sp³-hybridized carbons (Fsp3) is 0.310. The van der Waals surface area contributed by atoms with Crippen LogP contribution in [0.3, 0.4) is 0 Å². The minimum absolute atomic E-state index is 0.128. The first-order valence-electron chi connectivity index (χ1n) is 13.2. The second-order valence-corrected chi connectivity index (χ2v) is 9.90. The maximum Gasteiger partial charge on any atom is 0.272 e. The Hall–Kier alpha value is -4.87. The number of nitrogens with zero attached hydrogens (tertiary/aromatic N) is 5. The Morgan fingerprint density at radius 2 is 1.93 bits per heavy atom. The molecule has 2 N–H and O–H groups in total. The molecule has 2 amide bonds. The molecule has 1 saturated heterocycles. The van der Waals surface area contributed by atoms with Crippen molar-refractivity contribution in [2.24, 2.45) is 0 Å². The van der Waals surface area contributed by atoms with Gasteiger partial charge in [-0.15, -0.1) is 5.10 Å². The Kier molecular flexibility index (Phi) is 7.90. The Morgan fingerprint density at radius 3 is 2.66 bits per heavy atom. The molecule has 3 heterocycles. The summed E-state index contributed by atoms with van der Waals surface area (Å²) < 4.78 is 25.9. The molecule has 0 spiro atoms. The van der Waals surface area contributed by atoms with Gasteiger partial charge in [0, 0.05) is 39.3 Å². The van der Waals surface area contributed by atoms with Gasteiger partial charge in [0.15, 0.2) is 17.2 Å². The van der Waals surface area contributed by atoms with E-state index in [4.69, 9.17) is 9.47 Å². The highest BCUT2D eigenvalue weighted by Crippen LogP contribution is 2.31. The third kappa shape index (κ3) is 5.86. The zero-order valence-corrected chi connectivity index (χ0v) is 23.3. The number of ether oxygens (including phenoxy) is 2. The van der Waals surface area contributed by atoms with Gasteiger partial charge in [-0.1, -0.05) is 12.1 Å². The molecule has 2 aromatic heterocycles. The largest absolute Gasteiger partial charge is 0.497 e. The molecular weight excluding hydrogens is 529 g/mol. The Balaban J connectivity index is 1.52. The van der Waals surface area contributed by atoms with Gasteiger partial charge >= 0.3 is 0 Å². The van der Waals surface area contributed by atoms with E-state index < -0.39 is 17.8 Å². The molecule has 1 fully saturated rings. The van der Waals surface area contributed by atoms with E-state index in [0.29, 0.717) is 48.1 Å². The van der Waals surface area contributed by atoms with Gasteiger partial charge in [-0.05, 0) is 42.7 Å². The fourth-order valence-electron chi connectivity index (χ4n) is 4.84. The molecule has 41 heavy (non-hydrogen) atoms. The fourth-order valence-corrected chi connectivity index (χ4v) is 4.84. The lowest BCUT2D eigenvalue weighted by molar-refractivity contribution is -0.134. The number of anilines is 3. The van der Waals surface area contributed by atoms with Crippen molar-refractivity contribution in [1.82, 2.24) is 24.8 Å². The van der Waals surface area contributed by atoms with Gasteiger partial charge in [0.1, 0.15) is 23.4 Å². The molecule has 1 aliphatic rings. The molecule has 1 aliphatic heterocycles. The van der Waals surface area contributed by atoms with Crippen LogP contribution < -0.4 is 25.0 Å². The van der Waals surface area contributed by atoms with E-state index in [2.05, 4.69) is 20.7 Å². The third-order valence-corrected chi connectivity index (χ3v) is 7.06. The van der Waals surface area contributed by atoms with E-state index in [9.17, 15) is 14.0 Å². The van der Waals surface area contributed by atoms with E-state index in [1.807, 2.05) is 36.2 Å². The van der Waals surface area contributed by atoms with Gasteiger partial charge in [-0.3, -0.25) is 9.59 Å². The van der Waals surface area contributed by atoms with Gasteiger partial charge in [0.25, 0.3) is 5.91 Å². The van der Waals surface area contributed by atoms with Crippen LogP contribution in [-0.4, -0.2) is 72.2 Å². The lowest BCUT2D eigenvalue weighted by atomic mass is 10.1. The average Bonchev–Trinajstić information content (AvgIpc) is 3.40. The van der Waals surface area contributed by atoms with Crippen LogP contribution in [0.25, 0.3) is 5.65 Å². The minimum atomic E-state index is -0.617. The number of rotatable bonds is 9. The number of nitrogens with one attached hydrogen (secondary N) is 2. The molecule has 214 valence electrons. The maximum atomic E-state index is 13.8. The summed E-state index contributed by atoms with van der Waals surface area (Å²) >= 11 is 0. The number of amides is 2. The number of imidazole rings is 1. The van der Waals surface area contributed by atoms with E-state index in [1.54, 1.807) is 31.2 Å². The van der Waals surface area contributed by atoms with Crippen LogP contribution in [0.2, 0.25) is 0 Å². The zero-order valence-electron chi connectivity index (χ0n) is 23.3. The topological polar surface area (TPSA) is 113 Å². The van der Waals surface area contributed by atoms with Crippen molar-refractivity contribution in [3.8, 4) is 11.5 Å². The molecule has 0 aliphatic carbocycles. The summed E-state index contributed by atoms with van der Waals surface area (Å²) in [6.07, 6.45) is 2.81. The smallest absolute Gasteiger partial charge is 0.272 e. The van der Waals surface area contributed by atoms with Gasteiger partial charge in [-0.2, -0.15) is 0 Å². The molecule has 12 heteroatoms. The first kappa shape index (κ1) is 27.7. The van der Waals surface area contributed by atoms with Crippen molar-refractivity contribution >= 4 is 34.7 Å². The SMILES string of the molecule is COc1ccc(CN(C)c2cc(Nc3ccc(F)cc3OC)nn3c(C(=O)NC4CCCN(C)C4=O)cnc23)cc1. The van der Waals surface area contributed by atoms with Crippen LogP contribution in [0.1, 0.15) is 28.9 Å². The number of carbonyl (C=O) groups is 2. The normalized spacial score (nSPS) is 15.1. The number of fused-ring (bicyclic) bond motifs is 1. The van der Waals surface area contributed by atoms with Crippen molar-refractivity contribution in [2.75, 3.05) is 45.1 Å². The molecule has 11 nitrogen and oxygen atoms in total. The van der Waals surface area contributed by atoms with E-state index in [1.165, 1.54) is 30.0 Å². The highest BCUT2D eigenvalue weighted by atomic mass is 19.1. The number of piperidine rings is 1. The quantitative estimate of drug-likeness (QED) is 0.319. The lowest BCUT2D eigenvalue weighted by Gasteiger charge is -2.29. The highest BCUT2D eigenvalue weighted by Gasteiger charge is 2.29. The van der Waals surface area contributed by atoms with Crippen LogP contribution in [-0.2, 0) is 11.3 Å². The number of aromatic nitrogens is 3. The Bertz CT molecular complexity index is 1570. The van der Waals surface area contributed by atoms with Crippen LogP contribution in [0.4, 0.5) is 21.6 Å². The number of hydrogen-bond donors (Lipinski definition) is 2. The van der Waals surface area contributed by atoms with Crippen LogP contribution in [0.15, 0.2) is 54.7 Å². The first-order valence-corrected chi connectivity index (χ1v) is 13.2. The molecule has 0 radical (unpaired) electrons. The predicted octanol–water partition coefficient (Wildman–Crippen LogP) is 3.62. The van der Waals surface area contributed by atoms with Crippen LogP contribution in [0.5, 0.6) is 11.5 Å². The van der Waals surface area contributed by atoms with Gasteiger partial charge in [0.05, 0.1) is 31.8 Å². The number of hydrogen-bond acceptors (Lipinski definition) is 8. The Labute approximate surface area is 236 Å². The summed E-state index contributed by atoms with van der Waals surface area (Å²) in [5, 5.41) is 10.7. The number of benzene rings is 2. The highest BCUT2D eigenvalue weighted by molar-refractivity contribution is 5.97. The van der Waals surface area contributed by atoms with E-state index >= 15 is 0 Å². The van der Waals surface area contributed by atoms with Gasteiger partial charge in [-0.25, -0.2) is 13.9 Å². The summed E-state index contributed by atoms with van der Waals surface area (Å²) in [6, 6.07) is 13.0. The second kappa shape index (κ2) is 11.7. The maximum absolute atomic E-state index is 13.8. The number of likely N-dealkylation sites (tertiary alicyclic amines) is 1. The standard InChI is InChI=1S/C29H32FN7O4/c1-35-13-5-6-22(29(35)39)33-28(38)24-16-31-27-23(36(2)17-18-7-10-20(40-3)11-8-18)15-26(34-37(24)27)32-21-12-9-19(30)14-25(21)41-4/h7-12,14-16,22H,5-6,13,17H2,1-4H3,(H,32,34)(H,33,38). The molecule has 0 saturated carbocycles. The van der Waals surface area contributed by atoms with Gasteiger partial charge in [0.2, 0.25) is 5.91 Å². The molecule has 5 rings (SSSR count). The molecule has 2 aromatic carbocycles. The lowest BCUT2D eigenvalue weighted by Crippen LogP contribution is -2.51. The zero-order chi connectivity index (χ0) is 29.1. The molecular formula is C29H32FN7O4. The van der Waals surface area contributed by atoms with Crippen LogP contribution in [0, 0.1) is 5.82 Å². The monoisotopic (exact) mass is 561 g/mol. The molecule has 0 bridgehead atoms. The molecule has 4 aromatic rings. The second-order valence-electron chi connectivity index (χ2n) is 9.90. The number of carbonyl (C=O) groups excluding carboxylic acids is 2.